The Labute approximate surface area is 140 Å². The summed E-state index contributed by atoms with van der Waals surface area (Å²) in [5.41, 5.74) is 9.22. The average Bonchev–Trinajstić information content (AvgIpc) is 2.78. The number of halogens is 1. The molecule has 3 N–H and O–H groups in total. The third kappa shape index (κ3) is 2.55. The lowest BCUT2D eigenvalue weighted by Gasteiger charge is -2.21. The van der Waals surface area contributed by atoms with Crippen LogP contribution < -0.4 is 11.1 Å². The Morgan fingerprint density at radius 3 is 2.91 bits per heavy atom. The van der Waals surface area contributed by atoms with E-state index in [1.807, 2.05) is 13.1 Å². The second-order valence-electron chi connectivity index (χ2n) is 6.31. The van der Waals surface area contributed by atoms with E-state index in [0.717, 1.165) is 17.9 Å². The summed E-state index contributed by atoms with van der Waals surface area (Å²) in [6.07, 6.45) is 1.26. The van der Waals surface area contributed by atoms with Crippen LogP contribution >= 0.6 is 23.8 Å². The van der Waals surface area contributed by atoms with Gasteiger partial charge in [0.15, 0.2) is 0 Å². The topological polar surface area (TPSA) is 75.7 Å². The number of nitrogens with two attached hydrogens (primary N) is 1. The molecule has 7 heteroatoms. The zero-order chi connectivity index (χ0) is 16.1. The summed E-state index contributed by atoms with van der Waals surface area (Å²) >= 11 is 11.1. The molecule has 3 heterocycles. The number of anilines is 1. The van der Waals surface area contributed by atoms with E-state index in [1.165, 1.54) is 5.56 Å². The second kappa shape index (κ2) is 5.37. The minimum atomic E-state index is -0.606. The number of hydrogen-bond donors (Lipinski definition) is 2. The van der Waals surface area contributed by atoms with Crippen molar-refractivity contribution in [3.05, 3.63) is 23.5 Å². The van der Waals surface area contributed by atoms with Crippen LogP contribution in [0.15, 0.2) is 22.2 Å². The summed E-state index contributed by atoms with van der Waals surface area (Å²) in [4.78, 5) is 13.5. The van der Waals surface area contributed by atoms with Gasteiger partial charge in [0.25, 0.3) is 0 Å². The van der Waals surface area contributed by atoms with Gasteiger partial charge in [0.2, 0.25) is 0 Å². The van der Waals surface area contributed by atoms with Gasteiger partial charge in [-0.1, -0.05) is 37.7 Å². The molecule has 116 valence electrons. The smallest absolute Gasteiger partial charge is 0.148 e. The Balaban J connectivity index is 1.96. The Kier molecular flexibility index (Phi) is 3.79. The van der Waals surface area contributed by atoms with Crippen molar-refractivity contribution in [1.29, 1.82) is 0 Å². The van der Waals surface area contributed by atoms with Crippen LogP contribution in [0, 0.1) is 0 Å². The molecule has 0 bridgehead atoms. The van der Waals surface area contributed by atoms with Crippen molar-refractivity contribution in [2.24, 2.45) is 15.7 Å². The molecule has 2 unspecified atom stereocenters. The Morgan fingerprint density at radius 2 is 2.23 bits per heavy atom. The van der Waals surface area contributed by atoms with Gasteiger partial charge in [0, 0.05) is 12.0 Å². The maximum atomic E-state index is 6.04. The highest BCUT2D eigenvalue weighted by atomic mass is 35.5. The molecule has 0 amide bonds. The van der Waals surface area contributed by atoms with Gasteiger partial charge in [-0.15, -0.1) is 0 Å². The van der Waals surface area contributed by atoms with Crippen molar-refractivity contribution in [2.75, 3.05) is 11.9 Å². The Morgan fingerprint density at radius 1 is 1.50 bits per heavy atom. The summed E-state index contributed by atoms with van der Waals surface area (Å²) in [6, 6.07) is 2.12. The van der Waals surface area contributed by atoms with Gasteiger partial charge in [-0.2, -0.15) is 0 Å². The molecule has 0 saturated carbocycles. The zero-order valence-corrected chi connectivity index (χ0v) is 14.3. The predicted octanol–water partition coefficient (Wildman–Crippen LogP) is 2.59. The highest BCUT2D eigenvalue weighted by Gasteiger charge is 2.31. The normalized spacial score (nSPS) is 24.2. The Bertz CT molecular complexity index is 710. The third-order valence-corrected chi connectivity index (χ3v) is 5.00. The van der Waals surface area contributed by atoms with Gasteiger partial charge >= 0.3 is 0 Å². The van der Waals surface area contributed by atoms with Crippen molar-refractivity contribution in [3.63, 3.8) is 0 Å². The zero-order valence-electron chi connectivity index (χ0n) is 12.7. The van der Waals surface area contributed by atoms with Crippen LogP contribution in [0.25, 0.3) is 0 Å². The molecule has 3 rings (SSSR count). The first-order chi connectivity index (χ1) is 10.3. The second-order valence-corrected chi connectivity index (χ2v) is 7.11. The van der Waals surface area contributed by atoms with E-state index in [4.69, 9.17) is 29.6 Å². The van der Waals surface area contributed by atoms with Gasteiger partial charge in [-0.25, -0.2) is 9.98 Å². The van der Waals surface area contributed by atoms with E-state index in [-0.39, 0.29) is 16.5 Å². The summed E-state index contributed by atoms with van der Waals surface area (Å²) in [6.45, 7) is 7.33. The minimum Gasteiger partial charge on any atom is -0.383 e. The predicted molar refractivity (Wildman–Crippen MR) is 95.5 cm³/mol. The van der Waals surface area contributed by atoms with Crippen molar-refractivity contribution in [3.8, 4) is 0 Å². The molecular weight excluding hydrogens is 318 g/mol. The number of nitrogens with one attached hydrogen (secondary N) is 1. The number of rotatable bonds is 2. The summed E-state index contributed by atoms with van der Waals surface area (Å²) in [5.74, 6) is 0.479. The maximum Gasteiger partial charge on any atom is 0.148 e. The van der Waals surface area contributed by atoms with Crippen LogP contribution in [0.1, 0.15) is 37.9 Å². The molecule has 5 nitrogen and oxygen atoms in total. The number of amidine groups is 1. The lowest BCUT2D eigenvalue weighted by molar-refractivity contribution is 0.585. The van der Waals surface area contributed by atoms with Crippen LogP contribution in [0.4, 0.5) is 5.69 Å². The van der Waals surface area contributed by atoms with Crippen LogP contribution in [-0.4, -0.2) is 33.6 Å². The molecule has 1 aromatic rings. The number of nitrogens with zero attached hydrogens (tertiary/aromatic N) is 3. The quantitative estimate of drug-likeness (QED) is 0.814. The largest absolute Gasteiger partial charge is 0.383 e. The summed E-state index contributed by atoms with van der Waals surface area (Å²) in [5, 5.41) is 3.63. The highest BCUT2D eigenvalue weighted by Crippen LogP contribution is 2.37. The lowest BCUT2D eigenvalue weighted by Crippen LogP contribution is -2.36. The standard InChI is InChI=1S/C15H18ClN5S/c1-7(14-20-12(16)11(22)13(17)21-14)9-4-8-10(5-18-9)19-6-15(8,2)3/h4-5,7,13,19H,6,17H2,1-3H3. The van der Waals surface area contributed by atoms with Crippen LogP contribution in [0.2, 0.25) is 0 Å². The molecule has 2 aliphatic rings. The first-order valence-corrected chi connectivity index (χ1v) is 7.94. The SMILES string of the molecule is CC(C1=NC(N)C(=S)C(Cl)=N1)c1cc2c(cn1)NCC2(C)C. The minimum absolute atomic E-state index is 0.0833. The summed E-state index contributed by atoms with van der Waals surface area (Å²) in [7, 11) is 0. The fourth-order valence-corrected chi connectivity index (χ4v) is 2.97. The number of aliphatic imine (C=N–C) groups is 2. The van der Waals surface area contributed by atoms with E-state index in [0.29, 0.717) is 10.7 Å². The molecule has 2 atom stereocenters. The van der Waals surface area contributed by atoms with E-state index in [1.54, 1.807) is 0 Å². The van der Waals surface area contributed by atoms with Crippen molar-refractivity contribution in [1.82, 2.24) is 4.98 Å². The van der Waals surface area contributed by atoms with Crippen molar-refractivity contribution < 1.29 is 0 Å². The molecule has 0 aliphatic carbocycles. The van der Waals surface area contributed by atoms with Gasteiger partial charge in [0.1, 0.15) is 17.2 Å². The average molecular weight is 336 g/mol. The van der Waals surface area contributed by atoms with E-state index < -0.39 is 6.17 Å². The molecule has 2 aliphatic heterocycles. The maximum absolute atomic E-state index is 6.04. The van der Waals surface area contributed by atoms with Crippen LogP contribution in [0.5, 0.6) is 0 Å². The van der Waals surface area contributed by atoms with Gasteiger partial charge in [0.05, 0.1) is 28.4 Å². The lowest BCUT2D eigenvalue weighted by atomic mass is 9.86. The molecule has 0 radical (unpaired) electrons. The van der Waals surface area contributed by atoms with Gasteiger partial charge in [-0.3, -0.25) is 4.98 Å². The third-order valence-electron chi connectivity index (χ3n) is 4.16. The molecule has 0 saturated heterocycles. The first kappa shape index (κ1) is 15.5. The first-order valence-electron chi connectivity index (χ1n) is 7.15. The molecule has 0 spiro atoms. The fraction of sp³-hybridized carbons (Fsp3) is 0.467. The number of thiocarbonyl (C=S) groups is 1. The number of fused-ring (bicyclic) bond motifs is 1. The van der Waals surface area contributed by atoms with E-state index in [2.05, 4.69) is 40.2 Å². The van der Waals surface area contributed by atoms with E-state index in [9.17, 15) is 0 Å². The molecular formula is C15H18ClN5S. The van der Waals surface area contributed by atoms with Crippen LogP contribution in [-0.2, 0) is 5.41 Å². The molecule has 0 aromatic carbocycles. The van der Waals surface area contributed by atoms with Crippen molar-refractivity contribution >= 4 is 45.4 Å². The fourth-order valence-electron chi connectivity index (χ4n) is 2.67. The number of pyridine rings is 1. The Hall–Kier alpha value is -1.37. The monoisotopic (exact) mass is 335 g/mol. The molecule has 22 heavy (non-hydrogen) atoms. The number of aromatic nitrogens is 1. The van der Waals surface area contributed by atoms with E-state index >= 15 is 0 Å². The van der Waals surface area contributed by atoms with Crippen LogP contribution in [0.3, 0.4) is 0 Å². The molecule has 0 fully saturated rings. The highest BCUT2D eigenvalue weighted by molar-refractivity contribution is 7.82. The van der Waals surface area contributed by atoms with Gasteiger partial charge in [-0.05, 0) is 18.6 Å². The van der Waals surface area contributed by atoms with Crippen molar-refractivity contribution in [2.45, 2.75) is 38.3 Å². The number of hydrogen-bond acceptors (Lipinski definition) is 6. The summed E-state index contributed by atoms with van der Waals surface area (Å²) < 4.78 is 0. The van der Waals surface area contributed by atoms with Gasteiger partial charge < -0.3 is 11.1 Å². The molecule has 1 aromatic heterocycles.